The van der Waals surface area contributed by atoms with Crippen LogP contribution in [-0.4, -0.2) is 27.8 Å². The summed E-state index contributed by atoms with van der Waals surface area (Å²) in [6, 6.07) is 8.48. The Hall–Kier alpha value is -1.75. The van der Waals surface area contributed by atoms with Crippen molar-refractivity contribution in [3.8, 4) is 0 Å². The van der Waals surface area contributed by atoms with Gasteiger partial charge in [0.05, 0.1) is 17.0 Å². The van der Waals surface area contributed by atoms with Gasteiger partial charge in [-0.3, -0.25) is 4.79 Å². The summed E-state index contributed by atoms with van der Waals surface area (Å²) in [5.74, 6) is 1.06. The molecule has 1 aromatic carbocycles. The molecule has 0 radical (unpaired) electrons. The van der Waals surface area contributed by atoms with Crippen molar-refractivity contribution in [2.75, 3.05) is 6.54 Å². The lowest BCUT2D eigenvalue weighted by molar-refractivity contribution is -0.131. The second-order valence-electron chi connectivity index (χ2n) is 6.48. The van der Waals surface area contributed by atoms with Crippen molar-refractivity contribution >= 4 is 17.7 Å². The smallest absolute Gasteiger partial charge is 0.237 e. The second kappa shape index (κ2) is 5.71. The van der Waals surface area contributed by atoms with E-state index in [1.165, 1.54) is 16.0 Å². The lowest BCUT2D eigenvalue weighted by atomic mass is 10.1. The highest BCUT2D eigenvalue weighted by atomic mass is 32.2. The van der Waals surface area contributed by atoms with E-state index in [1.54, 1.807) is 11.8 Å². The zero-order valence-corrected chi connectivity index (χ0v) is 14.2. The molecule has 0 bridgehead atoms. The Morgan fingerprint density at radius 2 is 2.22 bits per heavy atom. The van der Waals surface area contributed by atoms with Crippen LogP contribution in [0.2, 0.25) is 0 Å². The summed E-state index contributed by atoms with van der Waals surface area (Å²) in [4.78, 5) is 16.3. The largest absolute Gasteiger partial charge is 0.359 e. The van der Waals surface area contributed by atoms with E-state index in [4.69, 9.17) is 4.52 Å². The normalized spacial score (nSPS) is 23.3. The fourth-order valence-electron chi connectivity index (χ4n) is 3.52. The van der Waals surface area contributed by atoms with Crippen LogP contribution in [0.4, 0.5) is 0 Å². The molecule has 0 saturated carbocycles. The third-order valence-corrected chi connectivity index (χ3v) is 5.97. The first kappa shape index (κ1) is 14.8. The van der Waals surface area contributed by atoms with Gasteiger partial charge in [-0.1, -0.05) is 22.9 Å². The minimum absolute atomic E-state index is 0.00332. The number of carbonyl (C=O) groups excluding carboxylic acids is 1. The van der Waals surface area contributed by atoms with Crippen molar-refractivity contribution < 1.29 is 9.32 Å². The van der Waals surface area contributed by atoms with Crippen LogP contribution in [0.15, 0.2) is 33.7 Å². The molecule has 0 N–H and O–H groups in total. The van der Waals surface area contributed by atoms with Crippen LogP contribution >= 0.6 is 11.8 Å². The van der Waals surface area contributed by atoms with Crippen LogP contribution in [0.1, 0.15) is 41.5 Å². The number of fused-ring (bicyclic) bond motifs is 1. The molecule has 5 heteroatoms. The average Bonchev–Trinajstić information content (AvgIpc) is 3.23. The van der Waals surface area contributed by atoms with Crippen molar-refractivity contribution in [3.63, 3.8) is 0 Å². The van der Waals surface area contributed by atoms with Gasteiger partial charge in [0.15, 0.2) is 5.76 Å². The van der Waals surface area contributed by atoms with Gasteiger partial charge in [0.1, 0.15) is 0 Å². The number of rotatable bonds is 2. The fourth-order valence-corrected chi connectivity index (χ4v) is 4.89. The van der Waals surface area contributed by atoms with E-state index in [1.807, 2.05) is 17.9 Å². The lowest BCUT2D eigenvalue weighted by Gasteiger charge is -2.25. The number of hydrogen-bond acceptors (Lipinski definition) is 4. The van der Waals surface area contributed by atoms with Crippen LogP contribution in [0.5, 0.6) is 0 Å². The van der Waals surface area contributed by atoms with Crippen LogP contribution < -0.4 is 0 Å². The van der Waals surface area contributed by atoms with E-state index in [0.717, 1.165) is 37.3 Å². The predicted octanol–water partition coefficient (Wildman–Crippen LogP) is 3.67. The topological polar surface area (TPSA) is 46.3 Å². The number of nitrogens with zero attached hydrogens (tertiary/aromatic N) is 2. The Labute approximate surface area is 140 Å². The highest BCUT2D eigenvalue weighted by molar-refractivity contribution is 8.01. The quantitative estimate of drug-likeness (QED) is 0.844. The van der Waals surface area contributed by atoms with E-state index >= 15 is 0 Å². The highest BCUT2D eigenvalue weighted by Crippen LogP contribution is 2.41. The Morgan fingerprint density at radius 1 is 1.35 bits per heavy atom. The van der Waals surface area contributed by atoms with Gasteiger partial charge in [-0.2, -0.15) is 0 Å². The molecule has 3 heterocycles. The lowest BCUT2D eigenvalue weighted by Crippen LogP contribution is -2.37. The van der Waals surface area contributed by atoms with Gasteiger partial charge < -0.3 is 9.42 Å². The monoisotopic (exact) mass is 328 g/mol. The Morgan fingerprint density at radius 3 is 3.00 bits per heavy atom. The number of amides is 1. The van der Waals surface area contributed by atoms with E-state index in [9.17, 15) is 4.79 Å². The summed E-state index contributed by atoms with van der Waals surface area (Å²) in [7, 11) is 0. The molecule has 1 saturated heterocycles. The third-order valence-electron chi connectivity index (χ3n) is 4.68. The third kappa shape index (κ3) is 2.67. The Kier molecular flexibility index (Phi) is 3.68. The van der Waals surface area contributed by atoms with Crippen LogP contribution in [0.25, 0.3) is 0 Å². The van der Waals surface area contributed by atoms with Gasteiger partial charge in [0.2, 0.25) is 5.91 Å². The zero-order chi connectivity index (χ0) is 16.0. The van der Waals surface area contributed by atoms with Crippen molar-refractivity contribution in [2.45, 2.75) is 49.3 Å². The molecule has 120 valence electrons. The van der Waals surface area contributed by atoms with Crippen molar-refractivity contribution in [1.29, 1.82) is 0 Å². The molecule has 23 heavy (non-hydrogen) atoms. The maximum Gasteiger partial charge on any atom is 0.237 e. The van der Waals surface area contributed by atoms with Gasteiger partial charge in [-0.05, 0) is 44.7 Å². The summed E-state index contributed by atoms with van der Waals surface area (Å²) in [5.41, 5.74) is 3.42. The fraction of sp³-hybridized carbons (Fsp3) is 0.444. The number of hydrogen-bond donors (Lipinski definition) is 0. The first-order valence-electron chi connectivity index (χ1n) is 8.12. The molecule has 1 amide bonds. The molecule has 1 aromatic heterocycles. The van der Waals surface area contributed by atoms with E-state index in [-0.39, 0.29) is 17.2 Å². The molecule has 2 atom stereocenters. The summed E-state index contributed by atoms with van der Waals surface area (Å²) in [6.45, 7) is 4.83. The number of thioether (sulfide) groups is 1. The minimum atomic E-state index is -0.00332. The van der Waals surface area contributed by atoms with Crippen LogP contribution in [0.3, 0.4) is 0 Å². The number of likely N-dealkylation sites (tertiary alicyclic amines) is 1. The standard InChI is InChI=1S/C18H20N2O2S/c1-11-5-6-13-10-17(23-16(13)8-11)18(21)20-7-3-4-14(20)15-9-12(2)19-22-15/h5-6,8-9,14,17H,3-4,7,10H2,1-2H3. The SMILES string of the molecule is Cc1ccc2c(c1)SC(C(=O)N1CCCC1c1cc(C)no1)C2. The van der Waals surface area contributed by atoms with E-state index in [2.05, 4.69) is 30.3 Å². The predicted molar refractivity (Wildman–Crippen MR) is 89.5 cm³/mol. The minimum Gasteiger partial charge on any atom is -0.359 e. The Balaban J connectivity index is 1.53. The highest BCUT2D eigenvalue weighted by Gasteiger charge is 2.38. The molecular weight excluding hydrogens is 308 g/mol. The molecule has 2 unspecified atom stereocenters. The number of carbonyl (C=O) groups is 1. The summed E-state index contributed by atoms with van der Waals surface area (Å²) >= 11 is 1.71. The molecule has 0 spiro atoms. The number of aryl methyl sites for hydroxylation is 2. The van der Waals surface area contributed by atoms with Gasteiger partial charge in [-0.15, -0.1) is 11.8 Å². The molecule has 2 aromatic rings. The number of aromatic nitrogens is 1. The molecule has 1 fully saturated rings. The molecule has 2 aliphatic rings. The zero-order valence-electron chi connectivity index (χ0n) is 13.4. The molecule has 2 aliphatic heterocycles. The summed E-state index contributed by atoms with van der Waals surface area (Å²) < 4.78 is 5.42. The molecule has 4 nitrogen and oxygen atoms in total. The Bertz CT molecular complexity index is 755. The first-order chi connectivity index (χ1) is 11.1. The molecule has 4 rings (SSSR count). The van der Waals surface area contributed by atoms with Gasteiger partial charge in [0, 0.05) is 17.5 Å². The van der Waals surface area contributed by atoms with Crippen molar-refractivity contribution in [3.05, 3.63) is 46.8 Å². The second-order valence-corrected chi connectivity index (χ2v) is 7.73. The van der Waals surface area contributed by atoms with Crippen LogP contribution in [-0.2, 0) is 11.2 Å². The summed E-state index contributed by atoms with van der Waals surface area (Å²) in [6.07, 6.45) is 2.82. The maximum absolute atomic E-state index is 13.0. The van der Waals surface area contributed by atoms with E-state index < -0.39 is 0 Å². The average molecular weight is 328 g/mol. The number of benzene rings is 1. The molecule has 0 aliphatic carbocycles. The van der Waals surface area contributed by atoms with Crippen LogP contribution in [0, 0.1) is 13.8 Å². The van der Waals surface area contributed by atoms with E-state index in [0.29, 0.717) is 0 Å². The van der Waals surface area contributed by atoms with Crippen molar-refractivity contribution in [2.24, 2.45) is 0 Å². The van der Waals surface area contributed by atoms with Gasteiger partial charge in [-0.25, -0.2) is 0 Å². The maximum atomic E-state index is 13.0. The van der Waals surface area contributed by atoms with Gasteiger partial charge >= 0.3 is 0 Å². The van der Waals surface area contributed by atoms with Gasteiger partial charge in [0.25, 0.3) is 0 Å². The summed E-state index contributed by atoms with van der Waals surface area (Å²) in [5, 5.41) is 3.97. The first-order valence-corrected chi connectivity index (χ1v) is 8.99. The molecular formula is C18H20N2O2S. The van der Waals surface area contributed by atoms with Crippen molar-refractivity contribution in [1.82, 2.24) is 10.1 Å².